The Bertz CT molecular complexity index is 1110. The molecule has 4 nitrogen and oxygen atoms in total. The van der Waals surface area contributed by atoms with Crippen LogP contribution in [-0.2, 0) is 22.6 Å². The van der Waals surface area contributed by atoms with Crippen LogP contribution in [0, 0.1) is 0 Å². The van der Waals surface area contributed by atoms with Crippen LogP contribution in [0.3, 0.4) is 0 Å². The molecular formula is C28H30Cl2N2O2S. The average Bonchev–Trinajstić information content (AvgIpc) is 2.83. The van der Waals surface area contributed by atoms with Crippen molar-refractivity contribution in [2.45, 2.75) is 50.2 Å². The van der Waals surface area contributed by atoms with Gasteiger partial charge in [0, 0.05) is 46.1 Å². The zero-order chi connectivity index (χ0) is 25.2. The van der Waals surface area contributed by atoms with E-state index in [-0.39, 0.29) is 30.8 Å². The molecule has 35 heavy (non-hydrogen) atoms. The molecule has 0 aromatic heterocycles. The summed E-state index contributed by atoms with van der Waals surface area (Å²) in [5.74, 6) is 0.324. The molecule has 7 heteroatoms. The number of carbonyl (C=O) groups is 2. The summed E-state index contributed by atoms with van der Waals surface area (Å²) in [6.07, 6.45) is 0.706. The van der Waals surface area contributed by atoms with E-state index in [0.29, 0.717) is 22.2 Å². The van der Waals surface area contributed by atoms with E-state index in [2.05, 4.69) is 5.32 Å². The van der Waals surface area contributed by atoms with Crippen LogP contribution in [0.15, 0.2) is 83.8 Å². The standard InChI is InChI=1S/C28H30Cl2N2O2S/c1-20(2)31-28(34)26(18-21-8-4-3-5-9-21)32(19-22-10-6-7-11-25(22)30)27(33)16-17-35-24-14-12-23(29)13-15-24/h3-15,20,26H,16-19H2,1-2H3,(H,31,34). The van der Waals surface area contributed by atoms with E-state index in [0.717, 1.165) is 16.0 Å². The lowest BCUT2D eigenvalue weighted by Gasteiger charge is -2.32. The fourth-order valence-corrected chi connectivity index (χ4v) is 4.84. The first-order valence-corrected chi connectivity index (χ1v) is 13.3. The number of hydrogen-bond acceptors (Lipinski definition) is 3. The Morgan fingerprint density at radius 2 is 1.57 bits per heavy atom. The second kappa shape index (κ2) is 13.6. The van der Waals surface area contributed by atoms with Gasteiger partial charge in [-0.05, 0) is 55.3 Å². The molecule has 0 spiro atoms. The summed E-state index contributed by atoms with van der Waals surface area (Å²) >= 11 is 14.0. The van der Waals surface area contributed by atoms with E-state index in [1.54, 1.807) is 22.7 Å². The van der Waals surface area contributed by atoms with Gasteiger partial charge in [-0.3, -0.25) is 9.59 Å². The van der Waals surface area contributed by atoms with E-state index in [1.165, 1.54) is 0 Å². The number of benzene rings is 3. The molecule has 0 saturated heterocycles. The molecule has 0 heterocycles. The number of rotatable bonds is 11. The van der Waals surface area contributed by atoms with E-state index in [9.17, 15) is 9.59 Å². The van der Waals surface area contributed by atoms with Gasteiger partial charge in [-0.2, -0.15) is 0 Å². The zero-order valence-corrected chi connectivity index (χ0v) is 22.2. The highest BCUT2D eigenvalue weighted by molar-refractivity contribution is 7.99. The molecule has 1 N–H and O–H groups in total. The van der Waals surface area contributed by atoms with Gasteiger partial charge in [0.2, 0.25) is 11.8 Å². The van der Waals surface area contributed by atoms with Crippen LogP contribution in [-0.4, -0.2) is 34.6 Å². The van der Waals surface area contributed by atoms with Crippen LogP contribution in [0.2, 0.25) is 10.0 Å². The number of nitrogens with one attached hydrogen (secondary N) is 1. The number of carbonyl (C=O) groups excluding carboxylic acids is 2. The molecule has 3 aromatic rings. The van der Waals surface area contributed by atoms with Crippen LogP contribution >= 0.6 is 35.0 Å². The second-order valence-electron chi connectivity index (χ2n) is 8.53. The van der Waals surface area contributed by atoms with Crippen molar-refractivity contribution < 1.29 is 9.59 Å². The summed E-state index contributed by atoms with van der Waals surface area (Å²) in [4.78, 5) is 29.7. The van der Waals surface area contributed by atoms with Crippen LogP contribution in [0.5, 0.6) is 0 Å². The summed E-state index contributed by atoms with van der Waals surface area (Å²) in [6, 6.07) is 24.1. The van der Waals surface area contributed by atoms with Crippen molar-refractivity contribution in [3.63, 3.8) is 0 Å². The van der Waals surface area contributed by atoms with Gasteiger partial charge in [-0.25, -0.2) is 0 Å². The third-order valence-corrected chi connectivity index (χ3v) is 7.03. The van der Waals surface area contributed by atoms with E-state index in [4.69, 9.17) is 23.2 Å². The normalized spacial score (nSPS) is 11.8. The van der Waals surface area contributed by atoms with Crippen molar-refractivity contribution in [3.8, 4) is 0 Å². The number of hydrogen-bond donors (Lipinski definition) is 1. The molecule has 2 amide bonds. The summed E-state index contributed by atoms with van der Waals surface area (Å²) in [5, 5.41) is 4.25. The van der Waals surface area contributed by atoms with Crippen molar-refractivity contribution in [1.29, 1.82) is 0 Å². The van der Waals surface area contributed by atoms with Crippen LogP contribution in [0.25, 0.3) is 0 Å². The predicted molar refractivity (Wildman–Crippen MR) is 146 cm³/mol. The largest absolute Gasteiger partial charge is 0.352 e. The van der Waals surface area contributed by atoms with Crippen molar-refractivity contribution in [2.75, 3.05) is 5.75 Å². The monoisotopic (exact) mass is 528 g/mol. The predicted octanol–water partition coefficient (Wildman–Crippen LogP) is 6.64. The quantitative estimate of drug-likeness (QED) is 0.283. The molecule has 0 saturated carbocycles. The summed E-state index contributed by atoms with van der Waals surface area (Å²) in [6.45, 7) is 4.09. The van der Waals surface area contributed by atoms with Gasteiger partial charge in [0.1, 0.15) is 6.04 Å². The molecule has 1 atom stereocenters. The lowest BCUT2D eigenvalue weighted by molar-refractivity contribution is -0.141. The molecule has 0 bridgehead atoms. The van der Waals surface area contributed by atoms with E-state index >= 15 is 0 Å². The Morgan fingerprint density at radius 3 is 2.23 bits per heavy atom. The fourth-order valence-electron chi connectivity index (χ4n) is 3.68. The van der Waals surface area contributed by atoms with Crippen LogP contribution in [0.1, 0.15) is 31.4 Å². The first-order valence-electron chi connectivity index (χ1n) is 11.6. The van der Waals surface area contributed by atoms with Gasteiger partial charge in [0.25, 0.3) is 0 Å². The van der Waals surface area contributed by atoms with Gasteiger partial charge in [0.05, 0.1) is 0 Å². The molecule has 0 aliphatic heterocycles. The molecule has 3 rings (SSSR count). The Labute approximate surface area is 222 Å². The third-order valence-electron chi connectivity index (χ3n) is 5.40. The van der Waals surface area contributed by atoms with E-state index < -0.39 is 6.04 Å². The molecule has 0 aliphatic carbocycles. The van der Waals surface area contributed by atoms with Gasteiger partial charge in [-0.15, -0.1) is 11.8 Å². The lowest BCUT2D eigenvalue weighted by atomic mass is 10.0. The number of thioether (sulfide) groups is 1. The highest BCUT2D eigenvalue weighted by Gasteiger charge is 2.30. The highest BCUT2D eigenvalue weighted by atomic mass is 35.5. The minimum Gasteiger partial charge on any atom is -0.352 e. The molecule has 184 valence electrons. The Balaban J connectivity index is 1.85. The first-order chi connectivity index (χ1) is 16.8. The van der Waals surface area contributed by atoms with Crippen molar-refractivity contribution >= 4 is 46.8 Å². The number of halogens is 2. The lowest BCUT2D eigenvalue weighted by Crippen LogP contribution is -2.51. The van der Waals surface area contributed by atoms with Crippen molar-refractivity contribution in [3.05, 3.63) is 100 Å². The van der Waals surface area contributed by atoms with Crippen molar-refractivity contribution in [1.82, 2.24) is 10.2 Å². The van der Waals surface area contributed by atoms with Crippen LogP contribution in [0.4, 0.5) is 0 Å². The molecular weight excluding hydrogens is 499 g/mol. The molecule has 0 fully saturated rings. The topological polar surface area (TPSA) is 49.4 Å². The zero-order valence-electron chi connectivity index (χ0n) is 19.9. The molecule has 0 radical (unpaired) electrons. The smallest absolute Gasteiger partial charge is 0.243 e. The number of nitrogens with zero attached hydrogens (tertiary/aromatic N) is 1. The summed E-state index contributed by atoms with van der Waals surface area (Å²) < 4.78 is 0. The highest BCUT2D eigenvalue weighted by Crippen LogP contribution is 2.24. The maximum Gasteiger partial charge on any atom is 0.243 e. The van der Waals surface area contributed by atoms with Crippen LogP contribution < -0.4 is 5.32 Å². The first kappa shape index (κ1) is 27.1. The maximum absolute atomic E-state index is 13.6. The number of amides is 2. The Kier molecular flexibility index (Phi) is 10.5. The second-order valence-corrected chi connectivity index (χ2v) is 10.5. The van der Waals surface area contributed by atoms with Gasteiger partial charge >= 0.3 is 0 Å². The van der Waals surface area contributed by atoms with Gasteiger partial charge in [0.15, 0.2) is 0 Å². The Morgan fingerprint density at radius 1 is 0.914 bits per heavy atom. The Hall–Kier alpha value is -2.47. The minimum absolute atomic E-state index is 0.0431. The SMILES string of the molecule is CC(C)NC(=O)C(Cc1ccccc1)N(Cc1ccccc1Cl)C(=O)CCSc1ccc(Cl)cc1. The minimum atomic E-state index is -0.663. The van der Waals surface area contributed by atoms with Gasteiger partial charge in [-0.1, -0.05) is 71.7 Å². The molecule has 0 aliphatic rings. The molecule has 3 aromatic carbocycles. The van der Waals surface area contributed by atoms with E-state index in [1.807, 2.05) is 86.6 Å². The maximum atomic E-state index is 13.6. The summed E-state index contributed by atoms with van der Waals surface area (Å²) in [7, 11) is 0. The third kappa shape index (κ3) is 8.60. The average molecular weight is 530 g/mol. The van der Waals surface area contributed by atoms with Gasteiger partial charge < -0.3 is 10.2 Å². The fraction of sp³-hybridized carbons (Fsp3) is 0.286. The summed E-state index contributed by atoms with van der Waals surface area (Å²) in [5.41, 5.74) is 1.80. The van der Waals surface area contributed by atoms with Crippen molar-refractivity contribution in [2.24, 2.45) is 0 Å². The molecule has 1 unspecified atom stereocenters.